The van der Waals surface area contributed by atoms with Crippen molar-refractivity contribution >= 4 is 5.88 Å². The molecular weight excluding hydrogens is 182 g/mol. The molecule has 1 heterocycles. The summed E-state index contributed by atoms with van der Waals surface area (Å²) in [5.41, 5.74) is -0.956. The molecule has 0 saturated carbocycles. The van der Waals surface area contributed by atoms with E-state index in [1.54, 1.807) is 0 Å². The summed E-state index contributed by atoms with van der Waals surface area (Å²) in [7, 11) is 0. The van der Waals surface area contributed by atoms with E-state index in [1.165, 1.54) is 0 Å². The van der Waals surface area contributed by atoms with Gasteiger partial charge >= 0.3 is 5.88 Å². The second-order valence-corrected chi connectivity index (χ2v) is 2.15. The molecule has 1 aromatic rings. The van der Waals surface area contributed by atoms with E-state index < -0.39 is 28.6 Å². The zero-order chi connectivity index (χ0) is 10.0. The van der Waals surface area contributed by atoms with Crippen LogP contribution in [0.4, 0.5) is 5.88 Å². The number of aliphatic hydroxyl groups excluding tert-OH is 1. The monoisotopic (exact) mass is 187 g/mol. The summed E-state index contributed by atoms with van der Waals surface area (Å²) in [5, 5.41) is 27.6. The fraction of sp³-hybridized carbons (Fsp3) is 0.167. The van der Waals surface area contributed by atoms with Crippen LogP contribution in [0, 0.1) is 10.1 Å². The molecule has 0 fully saturated rings. The van der Waals surface area contributed by atoms with E-state index in [0.29, 0.717) is 0 Å². The van der Waals surface area contributed by atoms with Crippen molar-refractivity contribution in [2.45, 2.75) is 6.61 Å². The first kappa shape index (κ1) is 9.20. The van der Waals surface area contributed by atoms with Gasteiger partial charge in [-0.15, -0.1) is 0 Å². The number of hydrogen-bond acceptors (Lipinski definition) is 6. The van der Waals surface area contributed by atoms with E-state index in [1.807, 2.05) is 0 Å². The maximum atomic E-state index is 10.8. The lowest BCUT2D eigenvalue weighted by atomic mass is 10.3. The zero-order valence-corrected chi connectivity index (χ0v) is 6.26. The molecule has 0 radical (unpaired) electrons. The van der Waals surface area contributed by atoms with Gasteiger partial charge in [-0.05, 0) is 0 Å². The van der Waals surface area contributed by atoms with Crippen LogP contribution in [0.25, 0.3) is 0 Å². The van der Waals surface area contributed by atoms with E-state index >= 15 is 0 Å². The Kier molecular flexibility index (Phi) is 2.29. The number of aliphatic hydroxyl groups is 1. The summed E-state index contributed by atoms with van der Waals surface area (Å²) in [4.78, 5) is 19.9. The van der Waals surface area contributed by atoms with Gasteiger partial charge in [-0.25, -0.2) is 0 Å². The van der Waals surface area contributed by atoms with Gasteiger partial charge in [0.25, 0.3) is 5.75 Å². The van der Waals surface area contributed by atoms with E-state index in [4.69, 9.17) is 10.2 Å². The molecule has 1 aromatic heterocycles. The molecule has 0 amide bonds. The second kappa shape index (κ2) is 3.23. The largest absolute Gasteiger partial charge is 0.497 e. The Balaban J connectivity index is 3.42. The first-order valence-electron chi connectivity index (χ1n) is 3.17. The number of hydrogen-bond donors (Lipinski definition) is 2. The van der Waals surface area contributed by atoms with Crippen molar-refractivity contribution in [1.29, 1.82) is 0 Å². The van der Waals surface area contributed by atoms with Gasteiger partial charge in [0, 0.05) is 6.07 Å². The fourth-order valence-corrected chi connectivity index (χ4v) is 0.724. The molecule has 0 aliphatic rings. The summed E-state index contributed by atoms with van der Waals surface area (Å²) >= 11 is 0. The molecular formula is C6H5NO6. The Hall–Kier alpha value is -1.89. The van der Waals surface area contributed by atoms with Crippen LogP contribution in [0.1, 0.15) is 5.76 Å². The molecule has 7 heteroatoms. The third kappa shape index (κ3) is 1.64. The van der Waals surface area contributed by atoms with Crippen molar-refractivity contribution in [1.82, 2.24) is 0 Å². The van der Waals surface area contributed by atoms with Crippen LogP contribution in [-0.2, 0) is 6.61 Å². The third-order valence-corrected chi connectivity index (χ3v) is 1.28. The first-order chi connectivity index (χ1) is 6.06. The molecule has 0 saturated heterocycles. The van der Waals surface area contributed by atoms with Gasteiger partial charge in [0.05, 0.1) is 0 Å². The minimum Gasteiger partial charge on any atom is -0.497 e. The predicted octanol–water partition coefficient (Wildman–Crippen LogP) is -0.254. The molecule has 0 spiro atoms. The molecule has 13 heavy (non-hydrogen) atoms. The van der Waals surface area contributed by atoms with Crippen LogP contribution >= 0.6 is 0 Å². The van der Waals surface area contributed by atoms with Gasteiger partial charge < -0.3 is 14.6 Å². The van der Waals surface area contributed by atoms with Crippen LogP contribution in [0.5, 0.6) is 5.75 Å². The SMILES string of the molecule is O=c1cc(CO)oc([N+](=O)[O-])c1O. The highest BCUT2D eigenvalue weighted by atomic mass is 16.7. The molecule has 70 valence electrons. The van der Waals surface area contributed by atoms with Crippen LogP contribution in [0.2, 0.25) is 0 Å². The average molecular weight is 187 g/mol. The standard InChI is InChI=1S/C6H5NO6/c8-2-3-1-4(9)5(10)6(13-3)7(11)12/h1,8,10H,2H2. The molecule has 0 aliphatic heterocycles. The summed E-state index contributed by atoms with van der Waals surface area (Å²) in [6, 6.07) is 0.780. The molecule has 0 unspecified atom stereocenters. The van der Waals surface area contributed by atoms with Crippen LogP contribution in [-0.4, -0.2) is 15.1 Å². The normalized spacial score (nSPS) is 9.92. The number of nitrogens with zero attached hydrogens (tertiary/aromatic N) is 1. The molecule has 0 atom stereocenters. The maximum absolute atomic E-state index is 10.8. The quantitative estimate of drug-likeness (QED) is 0.487. The molecule has 0 aromatic carbocycles. The van der Waals surface area contributed by atoms with Crippen molar-refractivity contribution in [3.63, 3.8) is 0 Å². The molecule has 1 rings (SSSR count). The molecule has 2 N–H and O–H groups in total. The Morgan fingerprint density at radius 1 is 1.62 bits per heavy atom. The molecule has 0 aliphatic carbocycles. The highest BCUT2D eigenvalue weighted by Gasteiger charge is 2.21. The topological polar surface area (TPSA) is 114 Å². The van der Waals surface area contributed by atoms with Gasteiger partial charge in [0.15, 0.2) is 0 Å². The van der Waals surface area contributed by atoms with E-state index in [-0.39, 0.29) is 5.76 Å². The lowest BCUT2D eigenvalue weighted by molar-refractivity contribution is -0.404. The predicted molar refractivity (Wildman–Crippen MR) is 39.2 cm³/mol. The van der Waals surface area contributed by atoms with E-state index in [9.17, 15) is 14.9 Å². The summed E-state index contributed by atoms with van der Waals surface area (Å²) < 4.78 is 4.40. The van der Waals surface area contributed by atoms with Crippen molar-refractivity contribution in [3.8, 4) is 5.75 Å². The van der Waals surface area contributed by atoms with Gasteiger partial charge in [-0.3, -0.25) is 14.9 Å². The van der Waals surface area contributed by atoms with Crippen molar-refractivity contribution < 1.29 is 19.6 Å². The Bertz CT molecular complexity index is 395. The number of aromatic hydroxyl groups is 1. The number of rotatable bonds is 2. The number of nitro groups is 1. The highest BCUT2D eigenvalue weighted by molar-refractivity contribution is 5.35. The van der Waals surface area contributed by atoms with Gasteiger partial charge in [0.2, 0.25) is 5.43 Å². The van der Waals surface area contributed by atoms with E-state index in [2.05, 4.69) is 4.42 Å². The minimum absolute atomic E-state index is 0.269. The van der Waals surface area contributed by atoms with Gasteiger partial charge in [-0.2, -0.15) is 0 Å². The lowest BCUT2D eigenvalue weighted by Crippen LogP contribution is -2.04. The lowest BCUT2D eigenvalue weighted by Gasteiger charge is -1.96. The minimum atomic E-state index is -1.07. The molecule has 0 bridgehead atoms. The van der Waals surface area contributed by atoms with Crippen molar-refractivity contribution in [2.24, 2.45) is 0 Å². The fourth-order valence-electron chi connectivity index (χ4n) is 0.724. The van der Waals surface area contributed by atoms with Crippen molar-refractivity contribution in [3.05, 3.63) is 32.2 Å². The second-order valence-electron chi connectivity index (χ2n) is 2.15. The Morgan fingerprint density at radius 3 is 2.69 bits per heavy atom. The van der Waals surface area contributed by atoms with Gasteiger partial charge in [-0.1, -0.05) is 0 Å². The third-order valence-electron chi connectivity index (χ3n) is 1.28. The first-order valence-corrected chi connectivity index (χ1v) is 3.17. The smallest absolute Gasteiger partial charge is 0.479 e. The van der Waals surface area contributed by atoms with Crippen LogP contribution in [0.3, 0.4) is 0 Å². The highest BCUT2D eigenvalue weighted by Crippen LogP contribution is 2.21. The zero-order valence-electron chi connectivity index (χ0n) is 6.26. The summed E-state index contributed by atoms with van der Waals surface area (Å²) in [5.74, 6) is -2.40. The van der Waals surface area contributed by atoms with Crippen molar-refractivity contribution in [2.75, 3.05) is 0 Å². The van der Waals surface area contributed by atoms with Crippen LogP contribution < -0.4 is 5.43 Å². The van der Waals surface area contributed by atoms with Gasteiger partial charge in [0.1, 0.15) is 17.3 Å². The Labute approximate surface area is 71.0 Å². The average Bonchev–Trinajstić information content (AvgIpc) is 2.09. The maximum Gasteiger partial charge on any atom is 0.479 e. The van der Waals surface area contributed by atoms with E-state index in [0.717, 1.165) is 6.07 Å². The van der Waals surface area contributed by atoms with Crippen LogP contribution in [0.15, 0.2) is 15.3 Å². The summed E-state index contributed by atoms with van der Waals surface area (Å²) in [6.45, 7) is -0.643. The molecule has 7 nitrogen and oxygen atoms in total. The summed E-state index contributed by atoms with van der Waals surface area (Å²) in [6.07, 6.45) is 0. The Morgan fingerprint density at radius 2 is 2.23 bits per heavy atom.